The van der Waals surface area contributed by atoms with Crippen molar-refractivity contribution in [1.82, 2.24) is 20.1 Å². The van der Waals surface area contributed by atoms with Crippen molar-refractivity contribution in [2.75, 3.05) is 7.11 Å². The van der Waals surface area contributed by atoms with E-state index in [1.807, 2.05) is 27.8 Å². The lowest BCUT2D eigenvalue weighted by Crippen LogP contribution is -2.32. The van der Waals surface area contributed by atoms with Crippen LogP contribution < -0.4 is 10.1 Å². The highest BCUT2D eigenvalue weighted by molar-refractivity contribution is 5.86. The van der Waals surface area contributed by atoms with Crippen molar-refractivity contribution >= 4 is 16.9 Å². The van der Waals surface area contributed by atoms with Crippen molar-refractivity contribution in [3.05, 3.63) is 16.8 Å². The quantitative estimate of drug-likeness (QED) is 0.888. The lowest BCUT2D eigenvalue weighted by molar-refractivity contribution is -0.121. The maximum absolute atomic E-state index is 12.0. The molecule has 1 atom stereocenters. The van der Waals surface area contributed by atoms with Crippen LogP contribution >= 0.6 is 0 Å². The third-order valence-electron chi connectivity index (χ3n) is 4.34. The number of ether oxygens (including phenoxy) is 1. The molecule has 0 unspecified atom stereocenters. The minimum Gasteiger partial charge on any atom is -0.479 e. The molecule has 2 aromatic rings. The summed E-state index contributed by atoms with van der Waals surface area (Å²) in [5.74, 6) is 0.661. The van der Waals surface area contributed by atoms with E-state index in [2.05, 4.69) is 22.3 Å². The van der Waals surface area contributed by atoms with Crippen molar-refractivity contribution in [1.29, 1.82) is 0 Å². The van der Waals surface area contributed by atoms with Crippen LogP contribution in [0.25, 0.3) is 11.0 Å². The topological polar surface area (TPSA) is 69.0 Å². The number of hydrogen-bond acceptors (Lipinski definition) is 4. The van der Waals surface area contributed by atoms with E-state index in [4.69, 9.17) is 4.74 Å². The van der Waals surface area contributed by atoms with Crippen LogP contribution in [-0.4, -0.2) is 33.8 Å². The Bertz CT molecular complexity index is 721. The molecule has 0 radical (unpaired) electrons. The zero-order chi connectivity index (χ0) is 17.1. The van der Waals surface area contributed by atoms with Gasteiger partial charge in [0.25, 0.3) is 0 Å². The molecule has 1 amide bonds. The predicted molar refractivity (Wildman–Crippen MR) is 90.8 cm³/mol. The Morgan fingerprint density at radius 2 is 2.09 bits per heavy atom. The van der Waals surface area contributed by atoms with E-state index < -0.39 is 0 Å². The first kappa shape index (κ1) is 17.2. The van der Waals surface area contributed by atoms with Crippen LogP contribution in [0.1, 0.15) is 43.5 Å². The molecule has 1 N–H and O–H groups in total. The van der Waals surface area contributed by atoms with Crippen molar-refractivity contribution in [2.45, 2.75) is 53.0 Å². The van der Waals surface area contributed by atoms with Gasteiger partial charge in [-0.3, -0.25) is 4.79 Å². The van der Waals surface area contributed by atoms with E-state index in [-0.39, 0.29) is 11.9 Å². The Morgan fingerprint density at radius 1 is 1.39 bits per heavy atom. The Kier molecular flexibility index (Phi) is 5.23. The standard InChI is InChI=1S/C17H26N4O2/c1-7-10(2)18-14(22)9-8-13-11(3)15-16(19-12(13)4)21(5)20-17(15)23-6/h10H,7-9H2,1-6H3,(H,18,22)/t10-/m1/s1. The Morgan fingerprint density at radius 3 is 2.70 bits per heavy atom. The smallest absolute Gasteiger partial charge is 0.242 e. The maximum Gasteiger partial charge on any atom is 0.242 e. The summed E-state index contributed by atoms with van der Waals surface area (Å²) < 4.78 is 7.10. The monoisotopic (exact) mass is 318 g/mol. The van der Waals surface area contributed by atoms with Crippen LogP contribution in [0, 0.1) is 13.8 Å². The van der Waals surface area contributed by atoms with Crippen molar-refractivity contribution in [3.8, 4) is 5.88 Å². The average molecular weight is 318 g/mol. The van der Waals surface area contributed by atoms with Crippen molar-refractivity contribution in [3.63, 3.8) is 0 Å². The summed E-state index contributed by atoms with van der Waals surface area (Å²) in [6, 6.07) is 0.212. The molecule has 23 heavy (non-hydrogen) atoms. The number of carbonyl (C=O) groups excluding carboxylic acids is 1. The lowest BCUT2D eigenvalue weighted by Gasteiger charge is -2.13. The highest BCUT2D eigenvalue weighted by Gasteiger charge is 2.18. The first-order chi connectivity index (χ1) is 10.9. The van der Waals surface area contributed by atoms with Crippen LogP contribution in [0.15, 0.2) is 0 Å². The zero-order valence-corrected chi connectivity index (χ0v) is 14.9. The van der Waals surface area contributed by atoms with Crippen molar-refractivity contribution in [2.24, 2.45) is 7.05 Å². The number of pyridine rings is 1. The Labute approximate surface area is 137 Å². The zero-order valence-electron chi connectivity index (χ0n) is 14.9. The number of fused-ring (bicyclic) bond motifs is 1. The molecule has 0 saturated carbocycles. The third-order valence-corrected chi connectivity index (χ3v) is 4.34. The van der Waals surface area contributed by atoms with Crippen molar-refractivity contribution < 1.29 is 9.53 Å². The summed E-state index contributed by atoms with van der Waals surface area (Å²) in [6.07, 6.45) is 2.06. The molecule has 2 rings (SSSR count). The van der Waals surface area contributed by atoms with Crippen LogP contribution in [0.2, 0.25) is 0 Å². The molecule has 0 aromatic carbocycles. The molecule has 2 aromatic heterocycles. The molecule has 126 valence electrons. The van der Waals surface area contributed by atoms with Gasteiger partial charge in [-0.05, 0) is 44.7 Å². The van der Waals surface area contributed by atoms with Crippen LogP contribution in [0.3, 0.4) is 0 Å². The van der Waals surface area contributed by atoms with Gasteiger partial charge in [0.15, 0.2) is 5.65 Å². The van der Waals surface area contributed by atoms with Gasteiger partial charge in [0, 0.05) is 25.2 Å². The van der Waals surface area contributed by atoms with Gasteiger partial charge < -0.3 is 10.1 Å². The molecule has 2 heterocycles. The van der Waals surface area contributed by atoms with Gasteiger partial charge in [-0.25, -0.2) is 9.67 Å². The molecule has 6 heteroatoms. The second kappa shape index (κ2) is 6.98. The van der Waals surface area contributed by atoms with E-state index in [1.54, 1.807) is 11.8 Å². The Balaban J connectivity index is 2.29. The predicted octanol–water partition coefficient (Wildman–Crippen LogP) is 2.44. The highest BCUT2D eigenvalue weighted by Crippen LogP contribution is 2.30. The van der Waals surface area contributed by atoms with Gasteiger partial charge in [0.1, 0.15) is 0 Å². The minimum atomic E-state index is 0.0800. The number of nitrogens with zero attached hydrogens (tertiary/aromatic N) is 3. The van der Waals surface area contributed by atoms with Gasteiger partial charge in [0.2, 0.25) is 11.8 Å². The van der Waals surface area contributed by atoms with Gasteiger partial charge in [0.05, 0.1) is 12.5 Å². The van der Waals surface area contributed by atoms with Gasteiger partial charge in [-0.2, -0.15) is 0 Å². The van der Waals surface area contributed by atoms with E-state index in [0.29, 0.717) is 18.7 Å². The summed E-state index contributed by atoms with van der Waals surface area (Å²) in [5, 5.41) is 8.28. The molecule has 0 aliphatic heterocycles. The number of carbonyl (C=O) groups is 1. The van der Waals surface area contributed by atoms with Gasteiger partial charge in [-0.1, -0.05) is 6.92 Å². The second-order valence-corrected chi connectivity index (χ2v) is 6.01. The van der Waals surface area contributed by atoms with E-state index in [9.17, 15) is 4.79 Å². The molecule has 0 aliphatic rings. The SMILES string of the molecule is CC[C@@H](C)NC(=O)CCc1c(C)nc2c(c(OC)nn2C)c1C. The Hall–Kier alpha value is -2.11. The fraction of sp³-hybridized carbons (Fsp3) is 0.588. The summed E-state index contributed by atoms with van der Waals surface area (Å²) >= 11 is 0. The van der Waals surface area contributed by atoms with E-state index >= 15 is 0 Å². The van der Waals surface area contributed by atoms with Gasteiger partial charge in [-0.15, -0.1) is 5.10 Å². The van der Waals surface area contributed by atoms with Crippen LogP contribution in [0.4, 0.5) is 0 Å². The number of rotatable bonds is 6. The number of amides is 1. The van der Waals surface area contributed by atoms with E-state index in [0.717, 1.165) is 34.3 Å². The molecule has 0 fully saturated rings. The molecule has 0 aliphatic carbocycles. The maximum atomic E-state index is 12.0. The molecule has 0 bridgehead atoms. The molecular formula is C17H26N4O2. The summed E-state index contributed by atoms with van der Waals surface area (Å²) in [4.78, 5) is 16.7. The highest BCUT2D eigenvalue weighted by atomic mass is 16.5. The first-order valence-corrected chi connectivity index (χ1v) is 8.05. The number of methoxy groups -OCH3 is 1. The fourth-order valence-corrected chi connectivity index (χ4v) is 2.79. The number of aryl methyl sites for hydroxylation is 3. The first-order valence-electron chi connectivity index (χ1n) is 8.05. The third kappa shape index (κ3) is 3.46. The largest absolute Gasteiger partial charge is 0.479 e. The number of hydrogen-bond donors (Lipinski definition) is 1. The molecule has 0 spiro atoms. The average Bonchev–Trinajstić information content (AvgIpc) is 2.83. The fourth-order valence-electron chi connectivity index (χ4n) is 2.79. The summed E-state index contributed by atoms with van der Waals surface area (Å²) in [5.41, 5.74) is 3.94. The lowest BCUT2D eigenvalue weighted by atomic mass is 10.00. The van der Waals surface area contributed by atoms with Crippen LogP contribution in [0.5, 0.6) is 5.88 Å². The normalized spacial score (nSPS) is 12.4. The molecule has 6 nitrogen and oxygen atoms in total. The van der Waals surface area contributed by atoms with E-state index in [1.165, 1.54) is 0 Å². The minimum absolute atomic E-state index is 0.0800. The van der Waals surface area contributed by atoms with Crippen LogP contribution in [-0.2, 0) is 18.3 Å². The summed E-state index contributed by atoms with van der Waals surface area (Å²) in [6.45, 7) is 8.10. The summed E-state index contributed by atoms with van der Waals surface area (Å²) in [7, 11) is 3.47. The molecular weight excluding hydrogens is 292 g/mol. The molecule has 0 saturated heterocycles. The number of aromatic nitrogens is 3. The number of nitrogens with one attached hydrogen (secondary N) is 1. The second-order valence-electron chi connectivity index (χ2n) is 6.01. The van der Waals surface area contributed by atoms with Gasteiger partial charge >= 0.3 is 0 Å².